The van der Waals surface area contributed by atoms with E-state index < -0.39 is 11.5 Å². The number of nitrogens with zero attached hydrogens (tertiary/aromatic N) is 1. The molecule has 4 nitrogen and oxygen atoms in total. The van der Waals surface area contributed by atoms with Gasteiger partial charge in [-0.25, -0.2) is 4.79 Å². The molecule has 0 bridgehead atoms. The third-order valence-corrected chi connectivity index (χ3v) is 5.86. The summed E-state index contributed by atoms with van der Waals surface area (Å²) in [6.45, 7) is 10.1. The first-order valence-corrected chi connectivity index (χ1v) is 10.4. The summed E-state index contributed by atoms with van der Waals surface area (Å²) in [5.41, 5.74) is 0.618. The molecule has 2 rings (SSSR count). The lowest BCUT2D eigenvalue weighted by Gasteiger charge is -2.40. The van der Waals surface area contributed by atoms with Crippen LogP contribution in [0.3, 0.4) is 0 Å². The summed E-state index contributed by atoms with van der Waals surface area (Å²) < 4.78 is 5.64. The van der Waals surface area contributed by atoms with Crippen LogP contribution in [-0.2, 0) is 4.74 Å². The van der Waals surface area contributed by atoms with Crippen LogP contribution in [0.25, 0.3) is 0 Å². The molecule has 0 aromatic carbocycles. The van der Waals surface area contributed by atoms with E-state index in [1.807, 2.05) is 53.4 Å². The average molecular weight is 375 g/mol. The van der Waals surface area contributed by atoms with Gasteiger partial charge in [-0.2, -0.15) is 0 Å². The van der Waals surface area contributed by atoms with Gasteiger partial charge >= 0.3 is 6.09 Å². The lowest BCUT2D eigenvalue weighted by atomic mass is 9.67. The molecular weight excluding hydrogens is 338 g/mol. The predicted octanol–water partition coefficient (Wildman–Crippen LogP) is 5.25. The third kappa shape index (κ3) is 5.49. The Balaban J connectivity index is 2.21. The fourth-order valence-corrected chi connectivity index (χ4v) is 4.25. The highest BCUT2D eigenvalue weighted by Gasteiger charge is 2.42. The number of aliphatic hydroxyl groups is 1. The number of carbonyl (C=O) groups is 1. The van der Waals surface area contributed by atoms with Gasteiger partial charge in [0.15, 0.2) is 0 Å². The molecule has 2 atom stereocenters. The predicted molar refractivity (Wildman–Crippen MR) is 109 cm³/mol. The summed E-state index contributed by atoms with van der Waals surface area (Å²) in [6.07, 6.45) is 14.8. The topological polar surface area (TPSA) is 49.8 Å². The maximum absolute atomic E-state index is 12.6. The number of rotatable bonds is 5. The van der Waals surface area contributed by atoms with E-state index in [2.05, 4.69) is 6.92 Å². The van der Waals surface area contributed by atoms with Crippen LogP contribution in [0.5, 0.6) is 0 Å². The van der Waals surface area contributed by atoms with Gasteiger partial charge in [-0.3, -0.25) is 0 Å². The van der Waals surface area contributed by atoms with Crippen LogP contribution >= 0.6 is 0 Å². The highest BCUT2D eigenvalue weighted by atomic mass is 16.5. The number of hydrogen-bond acceptors (Lipinski definition) is 3. The van der Waals surface area contributed by atoms with Gasteiger partial charge in [0.25, 0.3) is 0 Å². The fourth-order valence-electron chi connectivity index (χ4n) is 4.25. The Bertz CT molecular complexity index is 500. The monoisotopic (exact) mass is 374 g/mol. The van der Waals surface area contributed by atoms with Crippen molar-refractivity contribution < 1.29 is 14.6 Å². The van der Waals surface area contributed by atoms with Crippen LogP contribution in [-0.4, -0.2) is 34.3 Å². The van der Waals surface area contributed by atoms with Gasteiger partial charge in [-0.05, 0) is 78.2 Å². The van der Waals surface area contributed by atoms with Crippen LogP contribution in [0, 0.1) is 37.0 Å². The van der Waals surface area contributed by atoms with E-state index in [1.165, 1.54) is 12.8 Å². The molecular formula is C23H36NO3. The zero-order valence-electron chi connectivity index (χ0n) is 17.6. The second-order valence-corrected chi connectivity index (χ2v) is 8.57. The zero-order chi connectivity index (χ0) is 20.0. The van der Waals surface area contributed by atoms with E-state index in [9.17, 15) is 9.90 Å². The molecule has 0 saturated heterocycles. The first kappa shape index (κ1) is 22.3. The van der Waals surface area contributed by atoms with Crippen LogP contribution in [0.15, 0.2) is 11.8 Å². The van der Waals surface area contributed by atoms with Crippen LogP contribution in [0.2, 0.25) is 0 Å². The van der Waals surface area contributed by atoms with Crippen LogP contribution in [0.4, 0.5) is 4.79 Å². The molecule has 1 N–H and O–H groups in total. The van der Waals surface area contributed by atoms with Crippen molar-refractivity contribution in [2.75, 3.05) is 0 Å². The lowest BCUT2D eigenvalue weighted by molar-refractivity contribution is 0.0628. The second-order valence-electron chi connectivity index (χ2n) is 8.57. The molecule has 2 fully saturated rings. The molecule has 0 unspecified atom stereocenters. The standard InChI is InChI=1S/C23H36NO3/c1-17(2)24(18(3)4)22(26)27-16-20-14-8-6-7-11-15-23(20,5)21(25)19-12-9-10-13-19/h9-10,12-13,16-18,21,25H,6-8,11,14-15H2,1-5H3/b20-16+/t21-,23+/m1/s1. The lowest BCUT2D eigenvalue weighted by Crippen LogP contribution is -2.42. The SMILES string of the molecule is CC(C)N(C(=O)O/C=C1\CCCCCC[C@]1(C)[C@H](O)[C]1[CH][CH][CH][CH]1)C(C)C. The number of carbonyl (C=O) groups excluding carboxylic acids is 1. The van der Waals surface area contributed by atoms with Gasteiger partial charge in [0.1, 0.15) is 0 Å². The maximum Gasteiger partial charge on any atom is 0.415 e. The van der Waals surface area contributed by atoms with Gasteiger partial charge in [-0.15, -0.1) is 0 Å². The largest absolute Gasteiger partial charge is 0.418 e. The molecule has 1 amide bonds. The van der Waals surface area contributed by atoms with Gasteiger partial charge in [0, 0.05) is 23.4 Å². The third-order valence-electron chi connectivity index (χ3n) is 5.86. The Labute approximate surface area is 166 Å². The second kappa shape index (κ2) is 9.95. The molecule has 2 aliphatic rings. The molecule has 0 heterocycles. The molecule has 2 aliphatic carbocycles. The number of aliphatic hydroxyl groups excluding tert-OH is 1. The van der Waals surface area contributed by atoms with Crippen molar-refractivity contribution in [1.29, 1.82) is 0 Å². The van der Waals surface area contributed by atoms with Crippen LogP contribution < -0.4 is 0 Å². The van der Waals surface area contributed by atoms with Gasteiger partial charge in [0.05, 0.1) is 12.4 Å². The first-order valence-electron chi connectivity index (χ1n) is 10.4. The quantitative estimate of drug-likeness (QED) is 0.669. The highest BCUT2D eigenvalue weighted by molar-refractivity contribution is 5.69. The smallest absolute Gasteiger partial charge is 0.415 e. The highest BCUT2D eigenvalue weighted by Crippen LogP contribution is 2.46. The Hall–Kier alpha value is -1.03. The molecule has 0 aromatic heterocycles. The molecule has 4 heteroatoms. The summed E-state index contributed by atoms with van der Waals surface area (Å²) in [5, 5.41) is 11.1. The van der Waals surface area contributed by atoms with Gasteiger partial charge in [-0.1, -0.05) is 26.2 Å². The van der Waals surface area contributed by atoms with E-state index in [4.69, 9.17) is 4.74 Å². The number of ether oxygens (including phenoxy) is 1. The fraction of sp³-hybridized carbons (Fsp3) is 0.652. The molecule has 2 saturated carbocycles. The molecule has 5 radical (unpaired) electrons. The van der Waals surface area contributed by atoms with E-state index in [1.54, 1.807) is 11.2 Å². The zero-order valence-corrected chi connectivity index (χ0v) is 17.6. The summed E-state index contributed by atoms with van der Waals surface area (Å²) in [6, 6.07) is 0.157. The van der Waals surface area contributed by atoms with Crippen molar-refractivity contribution in [1.82, 2.24) is 4.90 Å². The van der Waals surface area contributed by atoms with E-state index in [0.717, 1.165) is 37.2 Å². The van der Waals surface area contributed by atoms with Crippen molar-refractivity contribution in [3.8, 4) is 0 Å². The summed E-state index contributed by atoms with van der Waals surface area (Å²) >= 11 is 0. The molecule has 151 valence electrons. The normalized spacial score (nSPS) is 27.6. The Kier molecular flexibility index (Phi) is 8.20. The number of hydrogen-bond donors (Lipinski definition) is 1. The van der Waals surface area contributed by atoms with Crippen molar-refractivity contribution in [3.63, 3.8) is 0 Å². The summed E-state index contributed by atoms with van der Waals surface area (Å²) in [7, 11) is 0. The van der Waals surface area contributed by atoms with E-state index in [-0.39, 0.29) is 18.2 Å². The Morgan fingerprint density at radius 3 is 2.30 bits per heavy atom. The van der Waals surface area contributed by atoms with E-state index >= 15 is 0 Å². The van der Waals surface area contributed by atoms with Crippen molar-refractivity contribution >= 4 is 6.09 Å². The van der Waals surface area contributed by atoms with Crippen molar-refractivity contribution in [2.45, 2.75) is 91.3 Å². The average Bonchev–Trinajstić information content (AvgIpc) is 3.11. The Morgan fingerprint density at radius 2 is 1.70 bits per heavy atom. The van der Waals surface area contributed by atoms with Crippen molar-refractivity contribution in [3.05, 3.63) is 43.4 Å². The Morgan fingerprint density at radius 1 is 1.11 bits per heavy atom. The summed E-state index contributed by atoms with van der Waals surface area (Å²) in [4.78, 5) is 14.4. The van der Waals surface area contributed by atoms with Gasteiger partial charge < -0.3 is 14.7 Å². The van der Waals surface area contributed by atoms with Crippen LogP contribution in [0.1, 0.15) is 73.1 Å². The van der Waals surface area contributed by atoms with Gasteiger partial charge in [0.2, 0.25) is 0 Å². The minimum absolute atomic E-state index is 0.0783. The summed E-state index contributed by atoms with van der Waals surface area (Å²) in [5.74, 6) is 0.932. The molecule has 0 aromatic rings. The maximum atomic E-state index is 12.6. The van der Waals surface area contributed by atoms with E-state index in [0.29, 0.717) is 0 Å². The minimum Gasteiger partial charge on any atom is -0.418 e. The number of amides is 1. The van der Waals surface area contributed by atoms with Crippen molar-refractivity contribution in [2.24, 2.45) is 5.41 Å². The minimum atomic E-state index is -0.596. The molecule has 0 spiro atoms. The molecule has 27 heavy (non-hydrogen) atoms. The first-order chi connectivity index (χ1) is 12.8. The molecule has 0 aliphatic heterocycles.